The minimum Gasteiger partial charge on any atom is -0.320 e. The highest BCUT2D eigenvalue weighted by atomic mass is 19.1. The van der Waals surface area contributed by atoms with Crippen LogP contribution in [0.15, 0.2) is 60.9 Å². The van der Waals surface area contributed by atoms with Crippen molar-refractivity contribution in [3.63, 3.8) is 0 Å². The quantitative estimate of drug-likeness (QED) is 0.790. The van der Waals surface area contributed by atoms with Gasteiger partial charge in [-0.3, -0.25) is 4.98 Å². The van der Waals surface area contributed by atoms with E-state index in [-0.39, 0.29) is 11.9 Å². The van der Waals surface area contributed by atoms with Gasteiger partial charge in [-0.05, 0) is 53.4 Å². The van der Waals surface area contributed by atoms with E-state index in [1.54, 1.807) is 30.6 Å². The number of halogens is 1. The first-order valence-electron chi connectivity index (χ1n) is 7.55. The molecule has 3 nitrogen and oxygen atoms in total. The fourth-order valence-corrected chi connectivity index (χ4v) is 2.62. The van der Waals surface area contributed by atoms with Crippen LogP contribution in [-0.4, -0.2) is 4.98 Å². The molecule has 1 unspecified atom stereocenters. The molecule has 0 amide bonds. The van der Waals surface area contributed by atoms with Crippen LogP contribution >= 0.6 is 0 Å². The largest absolute Gasteiger partial charge is 0.320 e. The summed E-state index contributed by atoms with van der Waals surface area (Å²) in [6, 6.07) is 15.6. The Morgan fingerprint density at radius 2 is 1.75 bits per heavy atom. The number of hydrogen-bond acceptors (Lipinski definition) is 3. The summed E-state index contributed by atoms with van der Waals surface area (Å²) in [7, 11) is 0. The lowest BCUT2D eigenvalue weighted by Gasteiger charge is -2.14. The second kappa shape index (κ2) is 6.61. The number of benzene rings is 2. The minimum absolute atomic E-state index is 0.286. The van der Waals surface area contributed by atoms with Crippen molar-refractivity contribution in [3.8, 4) is 17.2 Å². The van der Waals surface area contributed by atoms with Crippen LogP contribution in [0.5, 0.6) is 0 Å². The van der Waals surface area contributed by atoms with Crippen LogP contribution in [0.2, 0.25) is 0 Å². The van der Waals surface area contributed by atoms with Gasteiger partial charge in [-0.2, -0.15) is 5.26 Å². The Bertz CT molecular complexity index is 911. The summed E-state index contributed by atoms with van der Waals surface area (Å²) in [6.45, 7) is 1.91. The number of rotatable bonds is 3. The van der Waals surface area contributed by atoms with E-state index in [1.807, 2.05) is 25.1 Å². The van der Waals surface area contributed by atoms with Gasteiger partial charge in [0.05, 0.1) is 17.7 Å². The van der Waals surface area contributed by atoms with Gasteiger partial charge in [0.2, 0.25) is 0 Å². The Balaban J connectivity index is 1.96. The number of nitrogens with zero attached hydrogens (tertiary/aromatic N) is 2. The zero-order valence-corrected chi connectivity index (χ0v) is 13.2. The smallest absolute Gasteiger partial charge is 0.123 e. The number of nitriles is 1. The van der Waals surface area contributed by atoms with E-state index in [9.17, 15) is 4.39 Å². The van der Waals surface area contributed by atoms with E-state index in [4.69, 9.17) is 11.0 Å². The summed E-state index contributed by atoms with van der Waals surface area (Å²) in [6.07, 6.45) is 3.48. The van der Waals surface area contributed by atoms with Gasteiger partial charge in [-0.25, -0.2) is 4.39 Å². The highest BCUT2D eigenvalue weighted by molar-refractivity contribution is 5.65. The topological polar surface area (TPSA) is 62.7 Å². The zero-order chi connectivity index (χ0) is 17.1. The van der Waals surface area contributed by atoms with Crippen molar-refractivity contribution in [2.75, 3.05) is 0 Å². The molecule has 0 aliphatic carbocycles. The monoisotopic (exact) mass is 317 g/mol. The molecule has 1 atom stereocenters. The lowest BCUT2D eigenvalue weighted by molar-refractivity contribution is 0.626. The van der Waals surface area contributed by atoms with Gasteiger partial charge in [0.1, 0.15) is 5.82 Å². The van der Waals surface area contributed by atoms with E-state index in [0.29, 0.717) is 5.56 Å². The molecule has 2 aromatic carbocycles. The molecule has 0 bridgehead atoms. The summed E-state index contributed by atoms with van der Waals surface area (Å²) < 4.78 is 13.1. The zero-order valence-electron chi connectivity index (χ0n) is 13.2. The van der Waals surface area contributed by atoms with Crippen LogP contribution in [0.1, 0.15) is 28.3 Å². The standard InChI is InChI=1S/C20H16FN3/c1-13-8-15(2-3-16(13)10-22)17-9-18(12-24-11-17)20(23)14-4-6-19(21)7-5-14/h2-9,11-12,20H,23H2,1H3. The molecule has 0 aliphatic rings. The Morgan fingerprint density at radius 3 is 2.42 bits per heavy atom. The van der Waals surface area contributed by atoms with E-state index < -0.39 is 0 Å². The molecular weight excluding hydrogens is 301 g/mol. The van der Waals surface area contributed by atoms with Crippen molar-refractivity contribution >= 4 is 0 Å². The molecular formula is C20H16FN3. The lowest BCUT2D eigenvalue weighted by Crippen LogP contribution is -2.12. The average Bonchev–Trinajstić information content (AvgIpc) is 2.62. The molecule has 24 heavy (non-hydrogen) atoms. The normalized spacial score (nSPS) is 11.8. The summed E-state index contributed by atoms with van der Waals surface area (Å²) >= 11 is 0. The first kappa shape index (κ1) is 15.9. The number of aryl methyl sites for hydroxylation is 1. The van der Waals surface area contributed by atoms with Gasteiger partial charge in [0.25, 0.3) is 0 Å². The van der Waals surface area contributed by atoms with Crippen LogP contribution < -0.4 is 5.73 Å². The van der Waals surface area contributed by atoms with Crippen LogP contribution in [-0.2, 0) is 0 Å². The SMILES string of the molecule is Cc1cc(-c2cncc(C(N)c3ccc(F)cc3)c2)ccc1C#N. The van der Waals surface area contributed by atoms with Crippen LogP contribution in [0.3, 0.4) is 0 Å². The molecule has 4 heteroatoms. The van der Waals surface area contributed by atoms with Crippen molar-refractivity contribution in [2.24, 2.45) is 5.73 Å². The number of hydrogen-bond donors (Lipinski definition) is 1. The molecule has 3 aromatic rings. The molecule has 0 saturated carbocycles. The number of aromatic nitrogens is 1. The van der Waals surface area contributed by atoms with Crippen molar-refractivity contribution in [3.05, 3.63) is 89.0 Å². The molecule has 1 heterocycles. The molecule has 3 rings (SSSR count). The van der Waals surface area contributed by atoms with Crippen molar-refractivity contribution in [2.45, 2.75) is 13.0 Å². The van der Waals surface area contributed by atoms with E-state index >= 15 is 0 Å². The molecule has 2 N–H and O–H groups in total. The molecule has 0 fully saturated rings. The molecule has 1 aromatic heterocycles. The average molecular weight is 317 g/mol. The highest BCUT2D eigenvalue weighted by Crippen LogP contribution is 2.26. The fraction of sp³-hybridized carbons (Fsp3) is 0.100. The van der Waals surface area contributed by atoms with Gasteiger partial charge < -0.3 is 5.73 Å². The van der Waals surface area contributed by atoms with E-state index in [1.165, 1.54) is 12.1 Å². The number of pyridine rings is 1. The predicted octanol–water partition coefficient (Wildman–Crippen LogP) is 4.12. The summed E-state index contributed by atoms with van der Waals surface area (Å²) in [5.74, 6) is -0.286. The van der Waals surface area contributed by atoms with Gasteiger partial charge in [0, 0.05) is 18.0 Å². The maximum Gasteiger partial charge on any atom is 0.123 e. The van der Waals surface area contributed by atoms with Crippen molar-refractivity contribution in [1.29, 1.82) is 5.26 Å². The third kappa shape index (κ3) is 3.17. The van der Waals surface area contributed by atoms with E-state index in [2.05, 4.69) is 11.1 Å². The second-order valence-electron chi connectivity index (χ2n) is 5.68. The Morgan fingerprint density at radius 1 is 1.00 bits per heavy atom. The maximum atomic E-state index is 13.1. The minimum atomic E-state index is -0.377. The van der Waals surface area contributed by atoms with Gasteiger partial charge in [0.15, 0.2) is 0 Å². The van der Waals surface area contributed by atoms with Gasteiger partial charge in [-0.15, -0.1) is 0 Å². The summed E-state index contributed by atoms with van der Waals surface area (Å²) in [5, 5.41) is 9.04. The second-order valence-corrected chi connectivity index (χ2v) is 5.68. The molecule has 0 aliphatic heterocycles. The van der Waals surface area contributed by atoms with Crippen molar-refractivity contribution < 1.29 is 4.39 Å². The highest BCUT2D eigenvalue weighted by Gasteiger charge is 2.11. The third-order valence-electron chi connectivity index (χ3n) is 4.03. The van der Waals surface area contributed by atoms with Crippen LogP contribution in [0, 0.1) is 24.1 Å². The van der Waals surface area contributed by atoms with Crippen molar-refractivity contribution in [1.82, 2.24) is 4.98 Å². The Labute approximate surface area is 140 Å². The Hall–Kier alpha value is -3.03. The lowest BCUT2D eigenvalue weighted by atomic mass is 9.96. The Kier molecular flexibility index (Phi) is 4.37. The summed E-state index contributed by atoms with van der Waals surface area (Å²) in [4.78, 5) is 4.28. The first-order valence-corrected chi connectivity index (χ1v) is 7.55. The van der Waals surface area contributed by atoms with E-state index in [0.717, 1.165) is 27.8 Å². The predicted molar refractivity (Wildman–Crippen MR) is 91.6 cm³/mol. The fourth-order valence-electron chi connectivity index (χ4n) is 2.62. The maximum absolute atomic E-state index is 13.1. The van der Waals surface area contributed by atoms with Crippen LogP contribution in [0.25, 0.3) is 11.1 Å². The molecule has 118 valence electrons. The van der Waals surface area contributed by atoms with Gasteiger partial charge >= 0.3 is 0 Å². The van der Waals surface area contributed by atoms with Crippen LogP contribution in [0.4, 0.5) is 4.39 Å². The number of nitrogens with two attached hydrogens (primary N) is 1. The third-order valence-corrected chi connectivity index (χ3v) is 4.03. The summed E-state index contributed by atoms with van der Waals surface area (Å²) in [5.41, 5.74) is 11.4. The first-order chi connectivity index (χ1) is 11.6. The molecule has 0 saturated heterocycles. The van der Waals surface area contributed by atoms with Gasteiger partial charge in [-0.1, -0.05) is 24.3 Å². The molecule has 0 spiro atoms. The molecule has 0 radical (unpaired) electrons.